The molecule has 21 heavy (non-hydrogen) atoms. The Bertz CT molecular complexity index is 679. The first kappa shape index (κ1) is 14.3. The summed E-state index contributed by atoms with van der Waals surface area (Å²) in [5.41, 5.74) is 0.277. The van der Waals surface area contributed by atoms with Crippen molar-refractivity contribution in [2.24, 2.45) is 0 Å². The molecule has 0 aromatic carbocycles. The molecule has 0 atom stereocenters. The Labute approximate surface area is 124 Å². The molecule has 1 saturated carbocycles. The molecule has 0 radical (unpaired) electrons. The van der Waals surface area contributed by atoms with Crippen LogP contribution in [0.3, 0.4) is 0 Å². The molecule has 0 saturated heterocycles. The van der Waals surface area contributed by atoms with Gasteiger partial charge in [0.05, 0.1) is 5.56 Å². The molecule has 0 amide bonds. The van der Waals surface area contributed by atoms with Gasteiger partial charge in [0.15, 0.2) is 5.82 Å². The second kappa shape index (κ2) is 5.29. The monoisotopic (exact) mass is 313 g/mol. The Morgan fingerprint density at radius 2 is 1.95 bits per heavy atom. The molecule has 1 N–H and O–H groups in total. The Morgan fingerprint density at radius 1 is 1.24 bits per heavy atom. The van der Waals surface area contributed by atoms with Crippen molar-refractivity contribution in [3.05, 3.63) is 40.3 Å². The maximum atomic E-state index is 12.5. The topological polar surface area (TPSA) is 33.6 Å². The smallest absolute Gasteiger partial charge is 0.295 e. The highest BCUT2D eigenvalue weighted by Gasteiger charge is 2.30. The van der Waals surface area contributed by atoms with E-state index in [1.165, 1.54) is 18.9 Å². The highest BCUT2D eigenvalue weighted by molar-refractivity contribution is 7.71. The number of halogens is 3. The van der Waals surface area contributed by atoms with Crippen molar-refractivity contribution in [2.45, 2.75) is 37.8 Å². The van der Waals surface area contributed by atoms with Gasteiger partial charge in [-0.15, -0.1) is 0 Å². The number of alkyl halides is 3. The predicted octanol–water partition coefficient (Wildman–Crippen LogP) is 4.61. The summed E-state index contributed by atoms with van der Waals surface area (Å²) in [4.78, 5) is 3.86. The molecule has 0 bridgehead atoms. The fourth-order valence-corrected chi connectivity index (χ4v) is 2.98. The van der Waals surface area contributed by atoms with E-state index in [0.717, 1.165) is 30.8 Å². The number of pyridine rings is 1. The van der Waals surface area contributed by atoms with E-state index in [0.29, 0.717) is 16.4 Å². The van der Waals surface area contributed by atoms with Gasteiger partial charge >= 0.3 is 6.18 Å². The van der Waals surface area contributed by atoms with Crippen molar-refractivity contribution in [2.75, 3.05) is 0 Å². The van der Waals surface area contributed by atoms with E-state index in [4.69, 9.17) is 12.2 Å². The van der Waals surface area contributed by atoms with E-state index in [9.17, 15) is 13.2 Å². The van der Waals surface area contributed by atoms with E-state index >= 15 is 0 Å². The van der Waals surface area contributed by atoms with Crippen LogP contribution in [0.25, 0.3) is 5.82 Å². The second-order valence-corrected chi connectivity index (χ2v) is 5.69. The van der Waals surface area contributed by atoms with Crippen LogP contribution in [0.5, 0.6) is 0 Å². The van der Waals surface area contributed by atoms with Crippen LogP contribution in [0.15, 0.2) is 24.4 Å². The Balaban J connectivity index is 1.91. The van der Waals surface area contributed by atoms with Crippen LogP contribution in [-0.4, -0.2) is 14.8 Å². The van der Waals surface area contributed by atoms with Crippen molar-refractivity contribution in [3.8, 4) is 5.82 Å². The van der Waals surface area contributed by atoms with Crippen molar-refractivity contribution in [1.29, 1.82) is 0 Å². The van der Waals surface area contributed by atoms with Gasteiger partial charge in [-0.25, -0.2) is 9.67 Å². The Morgan fingerprint density at radius 3 is 2.52 bits per heavy atom. The molecule has 1 aliphatic rings. The molecule has 0 spiro atoms. The van der Waals surface area contributed by atoms with Crippen LogP contribution in [0.4, 0.5) is 13.2 Å². The predicted molar refractivity (Wildman–Crippen MR) is 75.0 cm³/mol. The highest BCUT2D eigenvalue weighted by atomic mass is 32.1. The number of hydrogen-bond donors (Lipinski definition) is 1. The van der Waals surface area contributed by atoms with Crippen LogP contribution >= 0.6 is 12.2 Å². The molecule has 2 aromatic rings. The van der Waals surface area contributed by atoms with Crippen LogP contribution < -0.4 is 0 Å². The third-order valence-electron chi connectivity index (χ3n) is 3.84. The number of aromatic nitrogens is 3. The quantitative estimate of drug-likeness (QED) is 0.822. The minimum atomic E-state index is -4.38. The van der Waals surface area contributed by atoms with Crippen molar-refractivity contribution < 1.29 is 13.2 Å². The molecule has 2 aromatic heterocycles. The minimum absolute atomic E-state index is 0.372. The molecule has 7 heteroatoms. The number of rotatable bonds is 2. The van der Waals surface area contributed by atoms with Gasteiger partial charge < -0.3 is 0 Å². The van der Waals surface area contributed by atoms with E-state index < -0.39 is 11.7 Å². The van der Waals surface area contributed by atoms with Gasteiger partial charge in [-0.1, -0.05) is 25.1 Å². The summed E-state index contributed by atoms with van der Waals surface area (Å²) in [7, 11) is 0. The molecule has 2 heterocycles. The molecule has 0 unspecified atom stereocenters. The van der Waals surface area contributed by atoms with Gasteiger partial charge in [-0.2, -0.15) is 13.2 Å². The summed E-state index contributed by atoms with van der Waals surface area (Å²) in [5.74, 6) is 0.833. The largest absolute Gasteiger partial charge is 0.417 e. The highest BCUT2D eigenvalue weighted by Crippen LogP contribution is 2.33. The van der Waals surface area contributed by atoms with Crippen molar-refractivity contribution >= 4 is 12.2 Å². The average Bonchev–Trinajstić information content (AvgIpc) is 3.07. The first-order valence-corrected chi connectivity index (χ1v) is 7.21. The number of aromatic amines is 1. The van der Waals surface area contributed by atoms with E-state index in [2.05, 4.69) is 10.1 Å². The van der Waals surface area contributed by atoms with Crippen molar-refractivity contribution in [3.63, 3.8) is 0 Å². The molecule has 112 valence electrons. The van der Waals surface area contributed by atoms with Gasteiger partial charge in [0.25, 0.3) is 0 Å². The van der Waals surface area contributed by atoms with E-state index in [1.54, 1.807) is 4.68 Å². The zero-order valence-corrected chi connectivity index (χ0v) is 12.0. The van der Waals surface area contributed by atoms with Gasteiger partial charge in [0.1, 0.15) is 4.64 Å². The fourth-order valence-electron chi connectivity index (χ4n) is 2.72. The summed E-state index contributed by atoms with van der Waals surface area (Å²) in [5, 5.41) is 3.17. The lowest BCUT2D eigenvalue weighted by molar-refractivity contribution is -0.137. The molecular formula is C14H14F3N3S. The lowest BCUT2D eigenvalue weighted by Gasteiger charge is -2.08. The number of hydrogen-bond acceptors (Lipinski definition) is 2. The standard InChI is InChI=1S/C14H14F3N3S/c15-14(16,17)10-5-6-12(18-8-10)20-13(21)7-11(19-20)9-3-1-2-4-9/h5-9,19H,1-4H2. The summed E-state index contributed by atoms with van der Waals surface area (Å²) >= 11 is 5.27. The second-order valence-electron chi connectivity index (χ2n) is 5.27. The zero-order chi connectivity index (χ0) is 15.0. The molecular weight excluding hydrogens is 299 g/mol. The van der Waals surface area contributed by atoms with Crippen LogP contribution in [0.1, 0.15) is 42.9 Å². The third-order valence-corrected chi connectivity index (χ3v) is 4.14. The SMILES string of the molecule is FC(F)(F)c1ccc(-n2[nH]c(C3CCCC3)cc2=S)nc1. The lowest BCUT2D eigenvalue weighted by Crippen LogP contribution is -2.07. The van der Waals surface area contributed by atoms with Crippen LogP contribution in [0, 0.1) is 4.64 Å². The lowest BCUT2D eigenvalue weighted by atomic mass is 10.1. The Hall–Kier alpha value is -1.63. The van der Waals surface area contributed by atoms with Crippen LogP contribution in [0.2, 0.25) is 0 Å². The average molecular weight is 313 g/mol. The van der Waals surface area contributed by atoms with E-state index in [1.807, 2.05) is 6.07 Å². The van der Waals surface area contributed by atoms with Crippen LogP contribution in [-0.2, 0) is 6.18 Å². The number of nitrogens with one attached hydrogen (secondary N) is 1. The summed E-state index contributed by atoms with van der Waals surface area (Å²) < 4.78 is 39.7. The van der Waals surface area contributed by atoms with Gasteiger partial charge in [-0.05, 0) is 31.0 Å². The minimum Gasteiger partial charge on any atom is -0.295 e. The zero-order valence-electron chi connectivity index (χ0n) is 11.2. The first-order valence-electron chi connectivity index (χ1n) is 6.81. The first-order chi connectivity index (χ1) is 9.95. The van der Waals surface area contributed by atoms with Gasteiger partial charge in [0, 0.05) is 17.8 Å². The van der Waals surface area contributed by atoms with Crippen molar-refractivity contribution in [1.82, 2.24) is 14.8 Å². The summed E-state index contributed by atoms with van der Waals surface area (Å²) in [6.45, 7) is 0. The summed E-state index contributed by atoms with van der Waals surface area (Å²) in [6, 6.07) is 4.22. The fraction of sp³-hybridized carbons (Fsp3) is 0.429. The molecule has 3 rings (SSSR count). The number of nitrogens with zero attached hydrogens (tertiary/aromatic N) is 2. The number of H-pyrrole nitrogens is 1. The van der Waals surface area contributed by atoms with Gasteiger partial charge in [-0.3, -0.25) is 5.10 Å². The molecule has 1 aliphatic carbocycles. The Kier molecular flexibility index (Phi) is 3.61. The maximum Gasteiger partial charge on any atom is 0.417 e. The third kappa shape index (κ3) is 2.88. The van der Waals surface area contributed by atoms with Gasteiger partial charge in [0.2, 0.25) is 0 Å². The molecule has 1 fully saturated rings. The van der Waals surface area contributed by atoms with E-state index in [-0.39, 0.29) is 0 Å². The normalized spacial score (nSPS) is 16.5. The molecule has 0 aliphatic heterocycles. The molecule has 3 nitrogen and oxygen atoms in total. The maximum absolute atomic E-state index is 12.5. The summed E-state index contributed by atoms with van der Waals surface area (Å²) in [6.07, 6.45) is 1.10.